The minimum absolute atomic E-state index is 0.0834. The topological polar surface area (TPSA) is 105 Å². The third kappa shape index (κ3) is 4.71. The highest BCUT2D eigenvalue weighted by molar-refractivity contribution is 5.98. The lowest BCUT2D eigenvalue weighted by Crippen LogP contribution is -2.46. The van der Waals surface area contributed by atoms with Crippen LogP contribution in [-0.2, 0) is 4.79 Å². The number of amides is 2. The molecule has 0 aliphatic carbocycles. The Morgan fingerprint density at radius 2 is 1.92 bits per heavy atom. The number of likely N-dealkylation sites (N-methyl/N-ethyl adjacent to an activating group) is 1. The number of hydrogen-bond acceptors (Lipinski definition) is 5. The van der Waals surface area contributed by atoms with Gasteiger partial charge in [0, 0.05) is 31.8 Å². The van der Waals surface area contributed by atoms with Crippen molar-refractivity contribution < 1.29 is 14.5 Å². The van der Waals surface area contributed by atoms with Crippen molar-refractivity contribution in [3.63, 3.8) is 0 Å². The molecule has 1 atom stereocenters. The fourth-order valence-electron chi connectivity index (χ4n) is 3.16. The summed E-state index contributed by atoms with van der Waals surface area (Å²) in [5.41, 5.74) is 0.631. The van der Waals surface area contributed by atoms with Gasteiger partial charge in [-0.2, -0.15) is 0 Å². The summed E-state index contributed by atoms with van der Waals surface area (Å²) in [7, 11) is 1.51. The number of nitro benzene ring substituents is 1. The summed E-state index contributed by atoms with van der Waals surface area (Å²) in [5, 5.41) is 16.7. The summed E-state index contributed by atoms with van der Waals surface area (Å²) in [6.07, 6.45) is 2.49. The van der Waals surface area contributed by atoms with Crippen molar-refractivity contribution in [3.05, 3.63) is 33.9 Å². The molecule has 1 heterocycles. The number of benzene rings is 1. The van der Waals surface area contributed by atoms with Crippen LogP contribution in [0, 0.1) is 16.0 Å². The lowest BCUT2D eigenvalue weighted by Gasteiger charge is -2.20. The minimum Gasteiger partial charge on any atom is -0.366 e. The van der Waals surface area contributed by atoms with E-state index >= 15 is 0 Å². The maximum Gasteiger partial charge on any atom is 0.293 e. The monoisotopic (exact) mass is 362 g/mol. The smallest absolute Gasteiger partial charge is 0.293 e. The second kappa shape index (κ2) is 8.64. The van der Waals surface area contributed by atoms with Crippen molar-refractivity contribution in [2.24, 2.45) is 5.92 Å². The Morgan fingerprint density at radius 1 is 1.27 bits per heavy atom. The average molecular weight is 362 g/mol. The summed E-state index contributed by atoms with van der Waals surface area (Å²) in [6, 6.07) is 3.81. The second-order valence-corrected chi connectivity index (χ2v) is 6.92. The Kier molecular flexibility index (Phi) is 6.54. The molecule has 1 fully saturated rings. The highest BCUT2D eigenvalue weighted by Gasteiger charge is 2.26. The third-order valence-electron chi connectivity index (χ3n) is 4.46. The molecule has 8 nitrogen and oxygen atoms in total. The number of anilines is 1. The minimum atomic E-state index is -0.676. The number of nitrogens with zero attached hydrogens (tertiary/aromatic N) is 2. The summed E-state index contributed by atoms with van der Waals surface area (Å²) < 4.78 is 0. The van der Waals surface area contributed by atoms with Crippen molar-refractivity contribution in [2.45, 2.75) is 39.2 Å². The van der Waals surface area contributed by atoms with Gasteiger partial charge in [0.25, 0.3) is 11.6 Å². The maximum atomic E-state index is 12.5. The number of nitrogens with one attached hydrogen (secondary N) is 2. The van der Waals surface area contributed by atoms with Gasteiger partial charge in [-0.25, -0.2) is 0 Å². The van der Waals surface area contributed by atoms with E-state index in [4.69, 9.17) is 0 Å². The number of nitro groups is 1. The van der Waals surface area contributed by atoms with E-state index in [0.29, 0.717) is 12.1 Å². The summed E-state index contributed by atoms with van der Waals surface area (Å²) in [5.74, 6) is -0.560. The van der Waals surface area contributed by atoms with E-state index < -0.39 is 16.9 Å². The first-order valence-corrected chi connectivity index (χ1v) is 8.89. The van der Waals surface area contributed by atoms with Gasteiger partial charge in [-0.3, -0.25) is 19.7 Å². The van der Waals surface area contributed by atoms with Crippen LogP contribution in [-0.4, -0.2) is 42.9 Å². The van der Waals surface area contributed by atoms with E-state index in [2.05, 4.69) is 10.6 Å². The quantitative estimate of drug-likeness (QED) is 0.571. The van der Waals surface area contributed by atoms with Crippen LogP contribution in [0.15, 0.2) is 18.2 Å². The molecule has 142 valence electrons. The van der Waals surface area contributed by atoms with Gasteiger partial charge in [-0.1, -0.05) is 13.8 Å². The molecule has 8 heteroatoms. The van der Waals surface area contributed by atoms with Gasteiger partial charge in [-0.05, 0) is 37.3 Å². The molecule has 26 heavy (non-hydrogen) atoms. The van der Waals surface area contributed by atoms with Gasteiger partial charge in [0.15, 0.2) is 0 Å². The van der Waals surface area contributed by atoms with Gasteiger partial charge >= 0.3 is 0 Å². The Morgan fingerprint density at radius 3 is 2.46 bits per heavy atom. The summed E-state index contributed by atoms with van der Waals surface area (Å²) in [4.78, 5) is 37.5. The molecule has 0 bridgehead atoms. The normalized spacial score (nSPS) is 15.0. The molecule has 0 saturated carbocycles. The van der Waals surface area contributed by atoms with Gasteiger partial charge in [0.2, 0.25) is 5.91 Å². The first kappa shape index (κ1) is 19.7. The van der Waals surface area contributed by atoms with Crippen LogP contribution < -0.4 is 15.5 Å². The Bertz CT molecular complexity index is 684. The zero-order valence-corrected chi connectivity index (χ0v) is 15.4. The molecule has 0 aromatic heterocycles. The molecule has 1 aliphatic heterocycles. The molecule has 1 saturated heterocycles. The summed E-state index contributed by atoms with van der Waals surface area (Å²) >= 11 is 0. The molecule has 1 aliphatic rings. The van der Waals surface area contributed by atoms with E-state index in [1.54, 1.807) is 12.1 Å². The molecule has 1 aromatic rings. The zero-order valence-electron chi connectivity index (χ0n) is 15.4. The first-order valence-electron chi connectivity index (χ1n) is 8.89. The lowest BCUT2D eigenvalue weighted by atomic mass is 10.0. The predicted octanol–water partition coefficient (Wildman–Crippen LogP) is 2.09. The molecule has 2 rings (SSSR count). The Labute approximate surface area is 153 Å². The first-order chi connectivity index (χ1) is 12.3. The van der Waals surface area contributed by atoms with Crippen LogP contribution in [0.3, 0.4) is 0 Å². The highest BCUT2D eigenvalue weighted by Crippen LogP contribution is 2.31. The van der Waals surface area contributed by atoms with Crippen molar-refractivity contribution in [2.75, 3.05) is 25.0 Å². The average Bonchev–Trinajstić information content (AvgIpc) is 3.13. The number of carbonyl (C=O) groups excluding carboxylic acids is 2. The van der Waals surface area contributed by atoms with Crippen LogP contribution in [0.4, 0.5) is 11.4 Å². The molecular formula is C18H26N4O4. The SMILES string of the molecule is CNC(=O)C(CC(C)C)NC(=O)c1ccc(N2CCCC2)c([N+](=O)[O-])c1. The molecule has 0 radical (unpaired) electrons. The molecule has 2 amide bonds. The Hall–Kier alpha value is -2.64. The van der Waals surface area contributed by atoms with Gasteiger partial charge in [0.1, 0.15) is 11.7 Å². The summed E-state index contributed by atoms with van der Waals surface area (Å²) in [6.45, 7) is 5.47. The van der Waals surface area contributed by atoms with E-state index in [0.717, 1.165) is 25.9 Å². The number of carbonyl (C=O) groups is 2. The standard InChI is InChI=1S/C18H26N4O4/c1-12(2)10-14(18(24)19-3)20-17(23)13-6-7-15(16(11-13)22(25)26)21-8-4-5-9-21/h6-7,11-12,14H,4-5,8-10H2,1-3H3,(H,19,24)(H,20,23). The largest absolute Gasteiger partial charge is 0.366 e. The van der Waals surface area contributed by atoms with Gasteiger partial charge in [0.05, 0.1) is 4.92 Å². The van der Waals surface area contributed by atoms with Crippen molar-refractivity contribution in [1.29, 1.82) is 0 Å². The Balaban J connectivity index is 2.23. The van der Waals surface area contributed by atoms with Gasteiger partial charge < -0.3 is 15.5 Å². The number of hydrogen-bond donors (Lipinski definition) is 2. The van der Waals surface area contributed by atoms with Crippen LogP contribution >= 0.6 is 0 Å². The third-order valence-corrected chi connectivity index (χ3v) is 4.46. The maximum absolute atomic E-state index is 12.5. The number of rotatable bonds is 7. The van der Waals surface area contributed by atoms with Crippen LogP contribution in [0.25, 0.3) is 0 Å². The van der Waals surface area contributed by atoms with Crippen molar-refractivity contribution in [1.82, 2.24) is 10.6 Å². The highest BCUT2D eigenvalue weighted by atomic mass is 16.6. The van der Waals surface area contributed by atoms with E-state index in [1.165, 1.54) is 13.1 Å². The predicted molar refractivity (Wildman–Crippen MR) is 99.3 cm³/mol. The molecule has 1 unspecified atom stereocenters. The fourth-order valence-corrected chi connectivity index (χ4v) is 3.16. The molecule has 2 N–H and O–H groups in total. The zero-order chi connectivity index (χ0) is 19.3. The lowest BCUT2D eigenvalue weighted by molar-refractivity contribution is -0.384. The van der Waals surface area contributed by atoms with E-state index in [9.17, 15) is 19.7 Å². The second-order valence-electron chi connectivity index (χ2n) is 6.92. The van der Waals surface area contributed by atoms with E-state index in [-0.39, 0.29) is 23.1 Å². The molecule has 0 spiro atoms. The van der Waals surface area contributed by atoms with E-state index in [1.807, 2.05) is 18.7 Å². The van der Waals surface area contributed by atoms with Crippen LogP contribution in [0.2, 0.25) is 0 Å². The van der Waals surface area contributed by atoms with Crippen LogP contribution in [0.1, 0.15) is 43.5 Å². The van der Waals surface area contributed by atoms with Crippen LogP contribution in [0.5, 0.6) is 0 Å². The fraction of sp³-hybridized carbons (Fsp3) is 0.556. The van der Waals surface area contributed by atoms with Gasteiger partial charge in [-0.15, -0.1) is 0 Å². The van der Waals surface area contributed by atoms with Crippen molar-refractivity contribution >= 4 is 23.2 Å². The van der Waals surface area contributed by atoms with Crippen molar-refractivity contribution in [3.8, 4) is 0 Å². The molecule has 1 aromatic carbocycles. The molecular weight excluding hydrogens is 336 g/mol.